The van der Waals surface area contributed by atoms with Gasteiger partial charge < -0.3 is 5.73 Å². The van der Waals surface area contributed by atoms with Gasteiger partial charge in [-0.1, -0.05) is 45.4 Å². The third-order valence-corrected chi connectivity index (χ3v) is 3.97. The second-order valence-corrected chi connectivity index (χ2v) is 5.86. The number of anilines is 1. The summed E-state index contributed by atoms with van der Waals surface area (Å²) < 4.78 is 13.1. The van der Waals surface area contributed by atoms with E-state index in [1.165, 1.54) is 51.0 Å². The summed E-state index contributed by atoms with van der Waals surface area (Å²) in [7, 11) is 0. The van der Waals surface area contributed by atoms with Gasteiger partial charge >= 0.3 is 0 Å². The highest BCUT2D eigenvalue weighted by Crippen LogP contribution is 2.23. The monoisotopic (exact) mass is 269 g/mol. The Hall–Kier alpha value is -0.700. The Morgan fingerprint density at radius 2 is 1.67 bits per heavy atom. The lowest BCUT2D eigenvalue weighted by Crippen LogP contribution is -1.88. The first-order chi connectivity index (χ1) is 8.72. The molecule has 1 rings (SSSR count). The van der Waals surface area contributed by atoms with Crippen LogP contribution in [0.2, 0.25) is 0 Å². The molecule has 0 spiro atoms. The molecule has 0 fully saturated rings. The summed E-state index contributed by atoms with van der Waals surface area (Å²) in [5.41, 5.74) is 6.12. The minimum Gasteiger partial charge on any atom is -0.399 e. The summed E-state index contributed by atoms with van der Waals surface area (Å²) in [6.07, 6.45) is 9.18. The predicted molar refractivity (Wildman–Crippen MR) is 79.5 cm³/mol. The van der Waals surface area contributed by atoms with Crippen molar-refractivity contribution >= 4 is 17.4 Å². The van der Waals surface area contributed by atoms with Crippen molar-refractivity contribution < 1.29 is 4.39 Å². The maximum absolute atomic E-state index is 13.1. The zero-order valence-electron chi connectivity index (χ0n) is 11.3. The van der Waals surface area contributed by atoms with E-state index >= 15 is 0 Å². The van der Waals surface area contributed by atoms with Crippen LogP contribution < -0.4 is 5.73 Å². The first kappa shape index (κ1) is 15.4. The molecule has 3 heteroatoms. The summed E-state index contributed by atoms with van der Waals surface area (Å²) in [6.45, 7) is 2.24. The fourth-order valence-electron chi connectivity index (χ4n) is 1.92. The average Bonchev–Trinajstić information content (AvgIpc) is 2.31. The van der Waals surface area contributed by atoms with E-state index in [-0.39, 0.29) is 5.82 Å². The van der Waals surface area contributed by atoms with Crippen molar-refractivity contribution in [3.63, 3.8) is 0 Å². The summed E-state index contributed by atoms with van der Waals surface area (Å²) in [5, 5.41) is 0. The number of nitrogen functional groups attached to an aromatic ring is 1. The highest BCUT2D eigenvalue weighted by molar-refractivity contribution is 7.99. The van der Waals surface area contributed by atoms with Crippen LogP contribution in [0.1, 0.15) is 51.9 Å². The fraction of sp³-hybridized carbons (Fsp3) is 0.600. The molecule has 0 radical (unpaired) electrons. The van der Waals surface area contributed by atoms with E-state index in [0.29, 0.717) is 5.69 Å². The molecule has 0 aliphatic rings. The largest absolute Gasteiger partial charge is 0.399 e. The minimum absolute atomic E-state index is 0.239. The standard InChI is InChI=1S/C15H24FNS/c1-2-3-4-5-6-7-8-9-18-15-11-13(16)10-14(17)12-15/h10-12H,2-9,17H2,1H3. The van der Waals surface area contributed by atoms with Gasteiger partial charge in [0.25, 0.3) is 0 Å². The molecule has 0 atom stereocenters. The van der Waals surface area contributed by atoms with Gasteiger partial charge in [0.2, 0.25) is 0 Å². The molecule has 1 nitrogen and oxygen atoms in total. The molecule has 0 amide bonds. The van der Waals surface area contributed by atoms with Crippen LogP contribution >= 0.6 is 11.8 Å². The Morgan fingerprint density at radius 3 is 2.33 bits per heavy atom. The zero-order chi connectivity index (χ0) is 13.2. The number of halogens is 1. The molecule has 1 aromatic carbocycles. The summed E-state index contributed by atoms with van der Waals surface area (Å²) in [5.74, 6) is 0.813. The second kappa shape index (κ2) is 9.26. The number of nitrogens with two attached hydrogens (primary N) is 1. The van der Waals surface area contributed by atoms with Crippen molar-refractivity contribution in [2.75, 3.05) is 11.5 Å². The Morgan fingerprint density at radius 1 is 1.00 bits per heavy atom. The maximum atomic E-state index is 13.1. The van der Waals surface area contributed by atoms with E-state index in [0.717, 1.165) is 10.6 Å². The Kier molecular flexibility index (Phi) is 7.90. The van der Waals surface area contributed by atoms with Crippen molar-refractivity contribution in [2.24, 2.45) is 0 Å². The van der Waals surface area contributed by atoms with Crippen LogP contribution in [0.25, 0.3) is 0 Å². The summed E-state index contributed by atoms with van der Waals surface area (Å²) in [6, 6.07) is 4.76. The molecule has 102 valence electrons. The lowest BCUT2D eigenvalue weighted by Gasteiger charge is -2.04. The fourth-order valence-corrected chi connectivity index (χ4v) is 2.92. The molecule has 0 aromatic heterocycles. The Bertz CT molecular complexity index is 321. The van der Waals surface area contributed by atoms with Gasteiger partial charge in [-0.3, -0.25) is 0 Å². The van der Waals surface area contributed by atoms with Crippen LogP contribution in [0, 0.1) is 5.82 Å². The predicted octanol–water partition coefficient (Wildman–Crippen LogP) is 5.25. The van der Waals surface area contributed by atoms with Crippen molar-refractivity contribution in [2.45, 2.75) is 56.8 Å². The van der Waals surface area contributed by atoms with Gasteiger partial charge in [0.1, 0.15) is 5.82 Å². The molecule has 2 N–H and O–H groups in total. The number of hydrogen-bond acceptors (Lipinski definition) is 2. The average molecular weight is 269 g/mol. The molecule has 0 heterocycles. The van der Waals surface area contributed by atoms with E-state index in [4.69, 9.17) is 5.73 Å². The van der Waals surface area contributed by atoms with Crippen molar-refractivity contribution in [1.29, 1.82) is 0 Å². The van der Waals surface area contributed by atoms with Crippen molar-refractivity contribution in [3.8, 4) is 0 Å². The molecule has 0 bridgehead atoms. The lowest BCUT2D eigenvalue weighted by molar-refractivity contribution is 0.603. The van der Waals surface area contributed by atoms with Crippen LogP contribution in [0.3, 0.4) is 0 Å². The Labute approximate surface area is 114 Å². The molecule has 0 saturated carbocycles. The topological polar surface area (TPSA) is 26.0 Å². The minimum atomic E-state index is -0.239. The van der Waals surface area contributed by atoms with Gasteiger partial charge in [-0.25, -0.2) is 4.39 Å². The van der Waals surface area contributed by atoms with E-state index in [2.05, 4.69) is 6.92 Å². The third kappa shape index (κ3) is 6.90. The number of hydrogen-bond donors (Lipinski definition) is 1. The molecule has 0 aliphatic heterocycles. The normalized spacial score (nSPS) is 10.8. The molecule has 0 saturated heterocycles. The molecule has 18 heavy (non-hydrogen) atoms. The van der Waals surface area contributed by atoms with Crippen LogP contribution in [-0.2, 0) is 0 Å². The first-order valence-electron chi connectivity index (χ1n) is 6.91. The van der Waals surface area contributed by atoms with E-state index in [9.17, 15) is 4.39 Å². The molecule has 0 unspecified atom stereocenters. The number of thioether (sulfide) groups is 1. The molecular formula is C15H24FNS. The molecule has 0 aliphatic carbocycles. The van der Waals surface area contributed by atoms with E-state index in [1.54, 1.807) is 17.8 Å². The SMILES string of the molecule is CCCCCCCCCSc1cc(N)cc(F)c1. The summed E-state index contributed by atoms with van der Waals surface area (Å²) in [4.78, 5) is 0.943. The lowest BCUT2D eigenvalue weighted by atomic mass is 10.1. The highest BCUT2D eigenvalue weighted by Gasteiger charge is 1.99. The second-order valence-electron chi connectivity index (χ2n) is 4.69. The van der Waals surface area contributed by atoms with Gasteiger partial charge in [0.15, 0.2) is 0 Å². The van der Waals surface area contributed by atoms with E-state index < -0.39 is 0 Å². The van der Waals surface area contributed by atoms with Crippen molar-refractivity contribution in [1.82, 2.24) is 0 Å². The quantitative estimate of drug-likeness (QED) is 0.376. The Balaban J connectivity index is 2.07. The first-order valence-corrected chi connectivity index (χ1v) is 7.90. The van der Waals surface area contributed by atoms with Gasteiger partial charge in [-0.15, -0.1) is 11.8 Å². The molecular weight excluding hydrogens is 245 g/mol. The third-order valence-electron chi connectivity index (χ3n) is 2.91. The van der Waals surface area contributed by atoms with Crippen molar-refractivity contribution in [3.05, 3.63) is 24.0 Å². The van der Waals surface area contributed by atoms with Gasteiger partial charge in [0.05, 0.1) is 0 Å². The zero-order valence-corrected chi connectivity index (χ0v) is 12.1. The summed E-state index contributed by atoms with van der Waals surface area (Å²) >= 11 is 1.70. The number of unbranched alkanes of at least 4 members (excludes halogenated alkanes) is 6. The van der Waals surface area contributed by atoms with Crippen LogP contribution in [-0.4, -0.2) is 5.75 Å². The van der Waals surface area contributed by atoms with Gasteiger partial charge in [-0.2, -0.15) is 0 Å². The van der Waals surface area contributed by atoms with Gasteiger partial charge in [0, 0.05) is 10.6 Å². The number of rotatable bonds is 9. The van der Waals surface area contributed by atoms with Crippen LogP contribution in [0.15, 0.2) is 23.1 Å². The number of benzene rings is 1. The molecule has 1 aromatic rings. The smallest absolute Gasteiger partial charge is 0.126 e. The van der Waals surface area contributed by atoms with Crippen LogP contribution in [0.5, 0.6) is 0 Å². The highest BCUT2D eigenvalue weighted by atomic mass is 32.2. The maximum Gasteiger partial charge on any atom is 0.126 e. The van der Waals surface area contributed by atoms with Gasteiger partial charge in [-0.05, 0) is 30.4 Å². The van der Waals surface area contributed by atoms with Crippen LogP contribution in [0.4, 0.5) is 10.1 Å². The van der Waals surface area contributed by atoms with E-state index in [1.807, 2.05) is 6.07 Å².